The first-order valence-corrected chi connectivity index (χ1v) is 9.12. The third-order valence-electron chi connectivity index (χ3n) is 4.82. The number of hydrogen-bond donors (Lipinski definition) is 2. The molecule has 0 saturated carbocycles. The molecule has 148 valence electrons. The summed E-state index contributed by atoms with van der Waals surface area (Å²) in [6, 6.07) is 10.6. The number of carbonyl (C=O) groups is 2. The summed E-state index contributed by atoms with van der Waals surface area (Å²) in [4.78, 5) is 26.7. The number of ether oxygens (including phenoxy) is 2. The van der Waals surface area contributed by atoms with Gasteiger partial charge in [0.05, 0.1) is 12.6 Å². The Balaban J connectivity index is 1.56. The van der Waals surface area contributed by atoms with E-state index in [0.29, 0.717) is 17.2 Å². The van der Waals surface area contributed by atoms with Gasteiger partial charge in [-0.25, -0.2) is 0 Å². The van der Waals surface area contributed by atoms with Crippen LogP contribution in [0.4, 0.5) is 11.4 Å². The van der Waals surface area contributed by atoms with Crippen LogP contribution in [0.2, 0.25) is 0 Å². The zero-order valence-electron chi connectivity index (χ0n) is 16.5. The third-order valence-corrected chi connectivity index (χ3v) is 4.82. The van der Waals surface area contributed by atoms with Gasteiger partial charge >= 0.3 is 0 Å². The Labute approximate surface area is 164 Å². The Morgan fingerprint density at radius 3 is 2.46 bits per heavy atom. The number of anilines is 2. The fraction of sp³-hybridized carbons (Fsp3) is 0.333. The van der Waals surface area contributed by atoms with Gasteiger partial charge in [-0.05, 0) is 51.1 Å². The van der Waals surface area contributed by atoms with E-state index in [-0.39, 0.29) is 25.2 Å². The quantitative estimate of drug-likeness (QED) is 0.802. The van der Waals surface area contributed by atoms with Crippen molar-refractivity contribution >= 4 is 23.2 Å². The van der Waals surface area contributed by atoms with Gasteiger partial charge in [0.25, 0.3) is 0 Å². The van der Waals surface area contributed by atoms with Crippen LogP contribution in [0.3, 0.4) is 0 Å². The molecule has 0 unspecified atom stereocenters. The average Bonchev–Trinajstić information content (AvgIpc) is 3.12. The summed E-state index contributed by atoms with van der Waals surface area (Å²) >= 11 is 0. The van der Waals surface area contributed by atoms with Gasteiger partial charge in [-0.2, -0.15) is 0 Å². The van der Waals surface area contributed by atoms with Crippen molar-refractivity contribution < 1.29 is 19.1 Å². The maximum absolute atomic E-state index is 12.5. The predicted octanol–water partition coefficient (Wildman–Crippen LogP) is 2.93. The van der Waals surface area contributed by atoms with Crippen molar-refractivity contribution in [2.45, 2.75) is 26.8 Å². The molecule has 0 bridgehead atoms. The number of amides is 2. The molecule has 0 radical (unpaired) electrons. The molecule has 0 fully saturated rings. The number of hydrogen-bond acceptors (Lipinski definition) is 5. The van der Waals surface area contributed by atoms with Crippen molar-refractivity contribution in [2.75, 3.05) is 31.0 Å². The second-order valence-electron chi connectivity index (χ2n) is 6.96. The van der Waals surface area contributed by atoms with Gasteiger partial charge in [-0.3, -0.25) is 14.5 Å². The van der Waals surface area contributed by atoms with E-state index in [4.69, 9.17) is 9.47 Å². The highest BCUT2D eigenvalue weighted by atomic mass is 16.7. The van der Waals surface area contributed by atoms with E-state index in [1.54, 1.807) is 37.1 Å². The largest absolute Gasteiger partial charge is 0.454 e. The van der Waals surface area contributed by atoms with Crippen molar-refractivity contribution in [3.63, 3.8) is 0 Å². The lowest BCUT2D eigenvalue weighted by Gasteiger charge is -2.23. The van der Waals surface area contributed by atoms with Crippen molar-refractivity contribution in [1.82, 2.24) is 4.90 Å². The van der Waals surface area contributed by atoms with Gasteiger partial charge in [0.15, 0.2) is 11.5 Å². The summed E-state index contributed by atoms with van der Waals surface area (Å²) in [5, 5.41) is 5.78. The van der Waals surface area contributed by atoms with E-state index in [1.165, 1.54) is 0 Å². The predicted molar refractivity (Wildman–Crippen MR) is 108 cm³/mol. The number of aryl methyl sites for hydroxylation is 2. The maximum Gasteiger partial charge on any atom is 0.241 e. The molecular weight excluding hydrogens is 358 g/mol. The highest BCUT2D eigenvalue weighted by Crippen LogP contribution is 2.34. The Kier molecular flexibility index (Phi) is 5.84. The number of benzene rings is 2. The Bertz CT molecular complexity index is 877. The molecule has 0 aliphatic carbocycles. The zero-order chi connectivity index (χ0) is 20.3. The number of nitrogens with one attached hydrogen (secondary N) is 2. The summed E-state index contributed by atoms with van der Waals surface area (Å²) in [7, 11) is 1.74. The van der Waals surface area contributed by atoms with Crippen LogP contribution in [0.25, 0.3) is 0 Å². The topological polar surface area (TPSA) is 79.9 Å². The molecule has 2 aromatic rings. The highest BCUT2D eigenvalue weighted by molar-refractivity contribution is 5.97. The van der Waals surface area contributed by atoms with Crippen LogP contribution >= 0.6 is 0 Å². The lowest BCUT2D eigenvalue weighted by molar-refractivity contribution is -0.122. The van der Waals surface area contributed by atoms with Crippen LogP contribution < -0.4 is 20.1 Å². The third kappa shape index (κ3) is 4.43. The molecule has 3 rings (SSSR count). The fourth-order valence-electron chi connectivity index (χ4n) is 2.98. The monoisotopic (exact) mass is 383 g/mol. The molecule has 2 aromatic carbocycles. The molecule has 0 spiro atoms. The van der Waals surface area contributed by atoms with Gasteiger partial charge in [0.2, 0.25) is 18.6 Å². The van der Waals surface area contributed by atoms with E-state index in [2.05, 4.69) is 10.6 Å². The van der Waals surface area contributed by atoms with Crippen molar-refractivity contribution in [2.24, 2.45) is 0 Å². The van der Waals surface area contributed by atoms with E-state index >= 15 is 0 Å². The maximum atomic E-state index is 12.5. The van der Waals surface area contributed by atoms with Crippen molar-refractivity contribution in [3.8, 4) is 11.5 Å². The molecule has 28 heavy (non-hydrogen) atoms. The molecule has 7 heteroatoms. The summed E-state index contributed by atoms with van der Waals surface area (Å²) in [5.74, 6) is 0.891. The van der Waals surface area contributed by atoms with Crippen LogP contribution in [0.15, 0.2) is 36.4 Å². The molecule has 0 aromatic heterocycles. The van der Waals surface area contributed by atoms with Crippen molar-refractivity contribution in [3.05, 3.63) is 47.5 Å². The van der Waals surface area contributed by atoms with Crippen molar-refractivity contribution in [1.29, 1.82) is 0 Å². The first-order valence-electron chi connectivity index (χ1n) is 9.12. The number of para-hydroxylation sites is 1. The first-order chi connectivity index (χ1) is 13.3. The SMILES string of the molecule is Cc1cccc(C)c1NC(=O)CN(C)[C@H](C)C(=O)Nc1ccc2c(c1)OCO2. The van der Waals surface area contributed by atoms with Crippen LogP contribution in [0.1, 0.15) is 18.1 Å². The summed E-state index contributed by atoms with van der Waals surface area (Å²) in [5.41, 5.74) is 3.45. The summed E-state index contributed by atoms with van der Waals surface area (Å²) in [6.07, 6.45) is 0. The number of fused-ring (bicyclic) bond motifs is 1. The lowest BCUT2D eigenvalue weighted by Crippen LogP contribution is -2.43. The van der Waals surface area contributed by atoms with E-state index in [0.717, 1.165) is 16.8 Å². The Morgan fingerprint density at radius 2 is 1.75 bits per heavy atom. The smallest absolute Gasteiger partial charge is 0.241 e. The fourth-order valence-corrected chi connectivity index (χ4v) is 2.98. The minimum absolute atomic E-state index is 0.101. The molecular formula is C21H25N3O4. The number of nitrogens with zero attached hydrogens (tertiary/aromatic N) is 1. The molecule has 2 N–H and O–H groups in total. The summed E-state index contributed by atoms with van der Waals surface area (Å²) in [6.45, 7) is 5.95. The molecule has 7 nitrogen and oxygen atoms in total. The summed E-state index contributed by atoms with van der Waals surface area (Å²) < 4.78 is 10.6. The van der Waals surface area contributed by atoms with Gasteiger partial charge in [0.1, 0.15) is 0 Å². The number of carbonyl (C=O) groups excluding carboxylic acids is 2. The Hall–Kier alpha value is -3.06. The minimum Gasteiger partial charge on any atom is -0.454 e. The molecule has 1 atom stereocenters. The average molecular weight is 383 g/mol. The molecule has 1 aliphatic heterocycles. The molecule has 1 heterocycles. The van der Waals surface area contributed by atoms with E-state index in [1.807, 2.05) is 32.0 Å². The van der Waals surface area contributed by atoms with E-state index in [9.17, 15) is 9.59 Å². The van der Waals surface area contributed by atoms with Crippen LogP contribution in [0.5, 0.6) is 11.5 Å². The first kappa shape index (κ1) is 19.7. The lowest BCUT2D eigenvalue weighted by atomic mass is 10.1. The van der Waals surface area contributed by atoms with Crippen LogP contribution in [-0.4, -0.2) is 43.1 Å². The number of rotatable bonds is 6. The highest BCUT2D eigenvalue weighted by Gasteiger charge is 2.22. The molecule has 2 amide bonds. The van der Waals surface area contributed by atoms with Gasteiger partial charge in [-0.1, -0.05) is 18.2 Å². The normalized spacial score (nSPS) is 13.3. The standard InChI is InChI=1S/C21H25N3O4/c1-13-6-5-7-14(2)20(13)23-19(25)11-24(4)15(3)21(26)22-16-8-9-17-18(10-16)28-12-27-17/h5-10,15H,11-12H2,1-4H3,(H,22,26)(H,23,25)/t15-/m1/s1. The van der Waals surface area contributed by atoms with Gasteiger partial charge in [0, 0.05) is 17.4 Å². The Morgan fingerprint density at radius 1 is 1.07 bits per heavy atom. The molecule has 0 saturated heterocycles. The number of likely N-dealkylation sites (N-methyl/N-ethyl adjacent to an activating group) is 1. The second kappa shape index (κ2) is 8.31. The van der Waals surface area contributed by atoms with Crippen LogP contribution in [0, 0.1) is 13.8 Å². The molecule has 1 aliphatic rings. The van der Waals surface area contributed by atoms with E-state index < -0.39 is 6.04 Å². The van der Waals surface area contributed by atoms with Gasteiger partial charge in [-0.15, -0.1) is 0 Å². The van der Waals surface area contributed by atoms with Crippen LogP contribution in [-0.2, 0) is 9.59 Å². The second-order valence-corrected chi connectivity index (χ2v) is 6.96. The zero-order valence-corrected chi connectivity index (χ0v) is 16.5. The van der Waals surface area contributed by atoms with Gasteiger partial charge < -0.3 is 20.1 Å². The minimum atomic E-state index is -0.492.